The summed E-state index contributed by atoms with van der Waals surface area (Å²) in [5.74, 6) is 0.252. The number of nitrogens with one attached hydrogen (secondary N) is 1. The number of amides is 1. The number of aryl methyl sites for hydroxylation is 1. The number of anilines is 1. The summed E-state index contributed by atoms with van der Waals surface area (Å²) >= 11 is 6.40. The van der Waals surface area contributed by atoms with E-state index in [1.54, 1.807) is 6.07 Å². The van der Waals surface area contributed by atoms with Crippen LogP contribution in [0.15, 0.2) is 48.6 Å². The fourth-order valence-corrected chi connectivity index (χ4v) is 10.4. The van der Waals surface area contributed by atoms with E-state index in [9.17, 15) is 13.2 Å². The quantitative estimate of drug-likeness (QED) is 0.412. The van der Waals surface area contributed by atoms with Gasteiger partial charge in [-0.05, 0) is 97.2 Å². The Balaban J connectivity index is 1.23. The molecule has 4 heterocycles. The first-order valence-corrected chi connectivity index (χ1v) is 21.2. The fourth-order valence-electron chi connectivity index (χ4n) is 8.69. The van der Waals surface area contributed by atoms with Gasteiger partial charge in [-0.15, -0.1) is 0 Å². The number of carbonyl (C=O) groups is 1. The normalized spacial score (nSPS) is 31.4. The van der Waals surface area contributed by atoms with Crippen molar-refractivity contribution in [2.24, 2.45) is 23.7 Å². The van der Waals surface area contributed by atoms with Gasteiger partial charge in [-0.25, -0.2) is 13.1 Å². The number of nitrogens with zero attached hydrogens (tertiary/aromatic N) is 3. The molecule has 1 N–H and O–H groups in total. The summed E-state index contributed by atoms with van der Waals surface area (Å²) < 4.78 is 47.8. The minimum atomic E-state index is -3.91. The smallest absolute Gasteiger partial charge is 0.264 e. The molecule has 1 saturated carbocycles. The van der Waals surface area contributed by atoms with Gasteiger partial charge < -0.3 is 19.1 Å². The summed E-state index contributed by atoms with van der Waals surface area (Å²) in [5, 5.41) is 0.718. The molecule has 12 heteroatoms. The number of rotatable bonds is 4. The van der Waals surface area contributed by atoms with Crippen LogP contribution in [0.2, 0.25) is 5.02 Å². The van der Waals surface area contributed by atoms with Crippen LogP contribution >= 0.6 is 11.6 Å². The van der Waals surface area contributed by atoms with E-state index >= 15 is 0 Å². The molecule has 2 saturated heterocycles. The molecule has 0 radical (unpaired) electrons. The van der Waals surface area contributed by atoms with E-state index in [-0.39, 0.29) is 23.5 Å². The lowest BCUT2D eigenvalue weighted by atomic mass is 9.63. The molecule has 284 valence electrons. The predicted octanol–water partition coefficient (Wildman–Crippen LogP) is 5.39. The van der Waals surface area contributed by atoms with E-state index < -0.39 is 21.5 Å². The molecule has 5 aliphatic rings. The highest BCUT2D eigenvalue weighted by molar-refractivity contribution is 7.90. The van der Waals surface area contributed by atoms with Crippen LogP contribution < -0.4 is 14.4 Å². The monoisotopic (exact) mass is 754 g/mol. The van der Waals surface area contributed by atoms with Gasteiger partial charge in [-0.2, -0.15) is 0 Å². The first kappa shape index (κ1) is 37.6. The lowest BCUT2D eigenvalue weighted by Gasteiger charge is -2.52. The Bertz CT molecular complexity index is 1730. The second-order valence-corrected chi connectivity index (χ2v) is 18.0. The summed E-state index contributed by atoms with van der Waals surface area (Å²) in [5.41, 5.74) is 2.87. The fraction of sp³-hybridized carbons (Fsp3) is 0.625. The maximum absolute atomic E-state index is 13.5. The van der Waals surface area contributed by atoms with E-state index in [4.69, 9.17) is 25.8 Å². The molecular weight excluding hydrogens is 700 g/mol. The number of allylic oxidation sites excluding steroid dienone is 1. The van der Waals surface area contributed by atoms with Crippen LogP contribution in [0.4, 0.5) is 5.69 Å². The van der Waals surface area contributed by atoms with E-state index in [2.05, 4.69) is 38.5 Å². The standard InChI is InChI=1S/C40H55ClN4O6S/c1-28-13-14-40(49-3,27-43-16-18-44(19-17-43)35-24-50-25-35)36-11-8-32(36)22-45-15-5-4-6-30-20-34(41)10-7-33(30)23-51-38-12-9-31(21-37(38)45)39(46)42-52(47,48)26-29(28)2/h7,9-10,12-14,20-21,28-29,32,35-36H,4-6,8,11,15-19,22-27H2,1-3H3,(H,42,46)/b14-13+/t28-,29+,32-,36+,40+/m0/s1. The first-order valence-electron chi connectivity index (χ1n) is 19.1. The Hall–Kier alpha value is -2.67. The number of carbonyl (C=O) groups excluding carboxylic acids is 1. The molecule has 2 bridgehead atoms. The first-order chi connectivity index (χ1) is 25.0. The Kier molecular flexibility index (Phi) is 11.6. The largest absolute Gasteiger partial charge is 0.487 e. The molecule has 3 fully saturated rings. The molecule has 7 rings (SSSR count). The van der Waals surface area contributed by atoms with E-state index in [0.29, 0.717) is 29.9 Å². The van der Waals surface area contributed by atoms with Crippen molar-refractivity contribution in [3.8, 4) is 5.75 Å². The number of fused-ring (bicyclic) bond motifs is 3. The summed E-state index contributed by atoms with van der Waals surface area (Å²) in [6.07, 6.45) is 9.38. The van der Waals surface area contributed by atoms with Gasteiger partial charge in [0.05, 0.1) is 30.7 Å². The number of methoxy groups -OCH3 is 1. The molecule has 4 aliphatic heterocycles. The summed E-state index contributed by atoms with van der Waals surface area (Å²) in [6, 6.07) is 11.8. The van der Waals surface area contributed by atoms with Crippen LogP contribution in [-0.2, 0) is 32.5 Å². The molecule has 0 spiro atoms. The van der Waals surface area contributed by atoms with E-state index in [1.165, 1.54) is 5.56 Å². The van der Waals surface area contributed by atoms with Crippen LogP contribution in [0.25, 0.3) is 0 Å². The number of piperazine rings is 1. The Morgan fingerprint density at radius 2 is 1.81 bits per heavy atom. The third-order valence-electron chi connectivity index (χ3n) is 12.4. The molecule has 0 aromatic heterocycles. The van der Waals surface area contributed by atoms with Gasteiger partial charge in [-0.3, -0.25) is 14.6 Å². The van der Waals surface area contributed by atoms with Crippen molar-refractivity contribution in [2.75, 3.05) is 76.8 Å². The van der Waals surface area contributed by atoms with Crippen LogP contribution in [0.3, 0.4) is 0 Å². The number of hydrogen-bond donors (Lipinski definition) is 1. The van der Waals surface area contributed by atoms with Crippen LogP contribution in [0.5, 0.6) is 5.75 Å². The van der Waals surface area contributed by atoms with Gasteiger partial charge in [0.15, 0.2) is 0 Å². The zero-order valence-electron chi connectivity index (χ0n) is 30.9. The lowest BCUT2D eigenvalue weighted by Crippen LogP contribution is -2.61. The molecule has 10 nitrogen and oxygen atoms in total. The number of benzene rings is 2. The lowest BCUT2D eigenvalue weighted by molar-refractivity contribution is -0.107. The zero-order chi connectivity index (χ0) is 36.5. The maximum atomic E-state index is 13.5. The van der Waals surface area contributed by atoms with Crippen LogP contribution in [-0.4, -0.2) is 108 Å². The zero-order valence-corrected chi connectivity index (χ0v) is 32.5. The summed E-state index contributed by atoms with van der Waals surface area (Å²) in [4.78, 5) is 21.0. The van der Waals surface area contributed by atoms with Gasteiger partial charge in [0.1, 0.15) is 18.0 Å². The molecule has 0 unspecified atom stereocenters. The van der Waals surface area contributed by atoms with Crippen molar-refractivity contribution in [3.63, 3.8) is 0 Å². The number of halogens is 1. The van der Waals surface area contributed by atoms with Gasteiger partial charge in [0, 0.05) is 63.5 Å². The summed E-state index contributed by atoms with van der Waals surface area (Å²) in [7, 11) is -2.06. The van der Waals surface area contributed by atoms with Gasteiger partial charge in [0.25, 0.3) is 5.91 Å². The number of hydrogen-bond acceptors (Lipinski definition) is 9. The molecule has 52 heavy (non-hydrogen) atoms. The molecule has 5 atom stereocenters. The van der Waals surface area contributed by atoms with Crippen molar-refractivity contribution >= 4 is 33.2 Å². The van der Waals surface area contributed by atoms with Gasteiger partial charge in [-0.1, -0.05) is 43.7 Å². The van der Waals surface area contributed by atoms with Gasteiger partial charge >= 0.3 is 0 Å². The van der Waals surface area contributed by atoms with Crippen LogP contribution in [0.1, 0.15) is 61.0 Å². The second kappa shape index (κ2) is 16.0. The number of ether oxygens (including phenoxy) is 3. The molecule has 2 aromatic carbocycles. The summed E-state index contributed by atoms with van der Waals surface area (Å²) in [6.45, 7) is 12.4. The Labute approximate surface area is 314 Å². The molecular formula is C40H55ClN4O6S. The highest BCUT2D eigenvalue weighted by atomic mass is 35.5. The molecule has 1 aliphatic carbocycles. The van der Waals surface area contributed by atoms with E-state index in [0.717, 1.165) is 107 Å². The van der Waals surface area contributed by atoms with Crippen molar-refractivity contribution in [1.82, 2.24) is 14.5 Å². The minimum absolute atomic E-state index is 0.0453. The topological polar surface area (TPSA) is 101 Å². The third-order valence-corrected chi connectivity index (χ3v) is 14.1. The van der Waals surface area contributed by atoms with Crippen LogP contribution in [0, 0.1) is 23.7 Å². The van der Waals surface area contributed by atoms with Crippen molar-refractivity contribution < 1.29 is 27.4 Å². The highest BCUT2D eigenvalue weighted by Gasteiger charge is 2.48. The van der Waals surface area contributed by atoms with Crippen molar-refractivity contribution in [2.45, 2.75) is 64.2 Å². The highest BCUT2D eigenvalue weighted by Crippen LogP contribution is 2.47. The third kappa shape index (κ3) is 8.35. The van der Waals surface area contributed by atoms with Gasteiger partial charge in [0.2, 0.25) is 10.0 Å². The van der Waals surface area contributed by atoms with Crippen molar-refractivity contribution in [1.29, 1.82) is 0 Å². The molecule has 1 amide bonds. The Morgan fingerprint density at radius 1 is 1.00 bits per heavy atom. The SMILES string of the molecule is CO[C@@]1(CN2CCN(C3COC3)CC2)/C=C/[C@H](C)[C@H](C)CS(=O)(=O)NC(=O)c2ccc3c(c2)N(CCCCc2cc(Cl)ccc2CO3)C[C@@H]2CC[C@H]21. The maximum Gasteiger partial charge on any atom is 0.264 e. The minimum Gasteiger partial charge on any atom is -0.487 e. The van der Waals surface area contributed by atoms with E-state index in [1.807, 2.05) is 44.4 Å². The Morgan fingerprint density at radius 3 is 2.52 bits per heavy atom. The average molecular weight is 755 g/mol. The second-order valence-electron chi connectivity index (χ2n) is 15.8. The average Bonchev–Trinajstić information content (AvgIpc) is 3.11. The molecule has 2 aromatic rings. The van der Waals surface area contributed by atoms with Crippen molar-refractivity contribution in [3.05, 3.63) is 70.3 Å². The number of sulfonamides is 1. The predicted molar refractivity (Wildman–Crippen MR) is 205 cm³/mol.